The van der Waals surface area contributed by atoms with Crippen LogP contribution >= 0.6 is 11.8 Å². The summed E-state index contributed by atoms with van der Waals surface area (Å²) in [5.41, 5.74) is 3.42. The van der Waals surface area contributed by atoms with Gasteiger partial charge in [0.05, 0.1) is 25.2 Å². The van der Waals surface area contributed by atoms with Crippen LogP contribution in [0.3, 0.4) is 0 Å². The molecule has 0 saturated heterocycles. The van der Waals surface area contributed by atoms with Gasteiger partial charge in [-0.25, -0.2) is 0 Å². The summed E-state index contributed by atoms with van der Waals surface area (Å²) in [5, 5.41) is 8.18. The van der Waals surface area contributed by atoms with E-state index in [1.54, 1.807) is 73.8 Å². The third-order valence-corrected chi connectivity index (χ3v) is 7.97. The molecule has 44 heavy (non-hydrogen) atoms. The molecule has 0 aliphatic heterocycles. The lowest BCUT2D eigenvalue weighted by Crippen LogP contribution is -2.30. The number of carbonyl (C=O) groups excluding carboxylic acids is 3. The van der Waals surface area contributed by atoms with Crippen molar-refractivity contribution in [2.45, 2.75) is 30.4 Å². The van der Waals surface area contributed by atoms with Crippen molar-refractivity contribution >= 4 is 46.9 Å². The van der Waals surface area contributed by atoms with Crippen molar-refractivity contribution in [3.63, 3.8) is 0 Å². The van der Waals surface area contributed by atoms with Crippen molar-refractivity contribution in [1.29, 1.82) is 0 Å². The van der Waals surface area contributed by atoms with Crippen LogP contribution in [0.4, 0.5) is 11.4 Å². The summed E-state index contributed by atoms with van der Waals surface area (Å²) in [6.45, 7) is 3.91. The van der Waals surface area contributed by atoms with Crippen LogP contribution in [0.5, 0.6) is 11.5 Å². The Morgan fingerprint density at radius 2 is 1.59 bits per heavy atom. The summed E-state index contributed by atoms with van der Waals surface area (Å²) >= 11 is 1.38. The number of methoxy groups -OCH3 is 2. The minimum absolute atomic E-state index is 0.0961. The van der Waals surface area contributed by atoms with Crippen molar-refractivity contribution in [3.8, 4) is 11.5 Å². The van der Waals surface area contributed by atoms with Gasteiger partial charge in [-0.15, -0.1) is 11.8 Å². The van der Waals surface area contributed by atoms with E-state index in [-0.39, 0.29) is 11.6 Å². The maximum absolute atomic E-state index is 13.5. The van der Waals surface area contributed by atoms with Gasteiger partial charge in [-0.1, -0.05) is 61.0 Å². The molecule has 226 valence electrons. The van der Waals surface area contributed by atoms with Gasteiger partial charge in [0.2, 0.25) is 5.91 Å². The number of nitrogens with one attached hydrogen (secondary N) is 3. The van der Waals surface area contributed by atoms with Crippen LogP contribution in [0, 0.1) is 6.92 Å². The van der Waals surface area contributed by atoms with Gasteiger partial charge in [0.15, 0.2) is 0 Å². The molecule has 3 N–H and O–H groups in total. The number of ether oxygens (including phenoxy) is 2. The molecule has 8 nitrogen and oxygen atoms in total. The smallest absolute Gasteiger partial charge is 0.272 e. The van der Waals surface area contributed by atoms with Crippen LogP contribution in [-0.2, 0) is 9.59 Å². The number of hydrogen-bond acceptors (Lipinski definition) is 6. The van der Waals surface area contributed by atoms with E-state index in [1.807, 2.05) is 50.2 Å². The molecule has 4 aromatic carbocycles. The Kier molecular flexibility index (Phi) is 11.2. The molecule has 4 rings (SSSR count). The Hall–Kier alpha value is -5.02. The van der Waals surface area contributed by atoms with Crippen LogP contribution in [0.25, 0.3) is 6.08 Å². The van der Waals surface area contributed by atoms with Crippen LogP contribution in [0.15, 0.2) is 108 Å². The van der Waals surface area contributed by atoms with Gasteiger partial charge >= 0.3 is 0 Å². The van der Waals surface area contributed by atoms with E-state index >= 15 is 0 Å². The first kappa shape index (κ1) is 31.9. The summed E-state index contributed by atoms with van der Waals surface area (Å²) in [6, 6.07) is 28.8. The van der Waals surface area contributed by atoms with E-state index in [2.05, 4.69) is 16.0 Å². The van der Waals surface area contributed by atoms with Gasteiger partial charge in [-0.3, -0.25) is 14.4 Å². The van der Waals surface area contributed by atoms with Crippen LogP contribution in [0.1, 0.15) is 34.8 Å². The first-order valence-electron chi connectivity index (χ1n) is 14.0. The van der Waals surface area contributed by atoms with E-state index in [9.17, 15) is 14.4 Å². The summed E-state index contributed by atoms with van der Waals surface area (Å²) < 4.78 is 10.7. The minimum atomic E-state index is -0.480. The van der Waals surface area contributed by atoms with Gasteiger partial charge in [0.1, 0.15) is 17.2 Å². The first-order chi connectivity index (χ1) is 21.3. The maximum Gasteiger partial charge on any atom is 0.272 e. The molecule has 0 aromatic heterocycles. The topological polar surface area (TPSA) is 106 Å². The highest BCUT2D eigenvalue weighted by molar-refractivity contribution is 8.00. The summed E-state index contributed by atoms with van der Waals surface area (Å²) in [4.78, 5) is 40.5. The standard InChI is InChI=1S/C35H35N3O5S/c1-5-32(35(41)37-29-22-27(42-3)18-19-31(29)43-4)44-28-13-9-12-26(21-28)36-34(40)30(20-24-16-14-23(2)15-17-24)38-33(39)25-10-7-6-8-11-25/h6-22,32H,5H2,1-4H3,(H,36,40)(H,37,41)(H,38,39)/b30-20-. The fourth-order valence-electron chi connectivity index (χ4n) is 4.23. The molecule has 0 fully saturated rings. The van der Waals surface area contributed by atoms with Crippen LogP contribution in [-0.4, -0.2) is 37.2 Å². The molecule has 0 heterocycles. The molecule has 4 aromatic rings. The Bertz CT molecular complexity index is 1640. The van der Waals surface area contributed by atoms with E-state index in [1.165, 1.54) is 18.9 Å². The van der Waals surface area contributed by atoms with Crippen molar-refractivity contribution in [2.75, 3.05) is 24.9 Å². The highest BCUT2D eigenvalue weighted by atomic mass is 32.2. The second-order valence-electron chi connectivity index (χ2n) is 9.84. The average Bonchev–Trinajstić information content (AvgIpc) is 3.04. The molecule has 3 amide bonds. The van der Waals surface area contributed by atoms with Crippen LogP contribution in [0.2, 0.25) is 0 Å². The third kappa shape index (κ3) is 8.75. The predicted molar refractivity (Wildman–Crippen MR) is 176 cm³/mol. The number of anilines is 2. The van der Waals surface area contributed by atoms with Crippen molar-refractivity contribution in [1.82, 2.24) is 5.32 Å². The number of aryl methyl sites for hydroxylation is 1. The first-order valence-corrected chi connectivity index (χ1v) is 14.9. The fourth-order valence-corrected chi connectivity index (χ4v) is 5.24. The SMILES string of the molecule is CCC(Sc1cccc(NC(=O)/C(=C/c2ccc(C)cc2)NC(=O)c2ccccc2)c1)C(=O)Nc1cc(OC)ccc1OC. The normalized spacial score (nSPS) is 11.7. The quantitative estimate of drug-likeness (QED) is 0.119. The van der Waals surface area contributed by atoms with Gasteiger partial charge < -0.3 is 25.4 Å². The molecular formula is C35H35N3O5S. The number of hydrogen-bond donors (Lipinski definition) is 3. The summed E-state index contributed by atoms with van der Waals surface area (Å²) in [7, 11) is 3.10. The largest absolute Gasteiger partial charge is 0.497 e. The molecule has 1 unspecified atom stereocenters. The Morgan fingerprint density at radius 3 is 2.27 bits per heavy atom. The Morgan fingerprint density at radius 1 is 0.841 bits per heavy atom. The molecular weight excluding hydrogens is 574 g/mol. The van der Waals surface area contributed by atoms with E-state index in [0.29, 0.717) is 34.9 Å². The minimum Gasteiger partial charge on any atom is -0.497 e. The second kappa shape index (κ2) is 15.5. The highest BCUT2D eigenvalue weighted by Crippen LogP contribution is 2.32. The number of rotatable bonds is 12. The molecule has 0 aliphatic rings. The van der Waals surface area contributed by atoms with Crippen LogP contribution < -0.4 is 25.4 Å². The lowest BCUT2D eigenvalue weighted by molar-refractivity contribution is -0.116. The Balaban J connectivity index is 1.50. The van der Waals surface area contributed by atoms with Crippen molar-refractivity contribution in [2.24, 2.45) is 0 Å². The van der Waals surface area contributed by atoms with Gasteiger partial charge in [0.25, 0.3) is 11.8 Å². The monoisotopic (exact) mass is 609 g/mol. The van der Waals surface area contributed by atoms with Gasteiger partial charge in [0, 0.05) is 22.2 Å². The number of carbonyl (C=O) groups is 3. The number of amides is 3. The second-order valence-corrected chi connectivity index (χ2v) is 11.1. The molecule has 1 atom stereocenters. The molecule has 0 bridgehead atoms. The zero-order chi connectivity index (χ0) is 31.5. The molecule has 0 saturated carbocycles. The van der Waals surface area contributed by atoms with E-state index < -0.39 is 17.1 Å². The van der Waals surface area contributed by atoms with E-state index in [4.69, 9.17) is 9.47 Å². The van der Waals surface area contributed by atoms with E-state index in [0.717, 1.165) is 16.0 Å². The van der Waals surface area contributed by atoms with Crippen molar-refractivity contribution in [3.05, 3.63) is 119 Å². The highest BCUT2D eigenvalue weighted by Gasteiger charge is 2.21. The maximum atomic E-state index is 13.5. The zero-order valence-electron chi connectivity index (χ0n) is 25.0. The number of thioether (sulfide) groups is 1. The van der Waals surface area contributed by atoms with Gasteiger partial charge in [-0.2, -0.15) is 0 Å². The van der Waals surface area contributed by atoms with Gasteiger partial charge in [-0.05, 0) is 67.4 Å². The number of benzene rings is 4. The zero-order valence-corrected chi connectivity index (χ0v) is 25.9. The predicted octanol–water partition coefficient (Wildman–Crippen LogP) is 6.93. The fraction of sp³-hybridized carbons (Fsp3) is 0.171. The average molecular weight is 610 g/mol. The lowest BCUT2D eigenvalue weighted by Gasteiger charge is -2.17. The lowest BCUT2D eigenvalue weighted by atomic mass is 10.1. The third-order valence-electron chi connectivity index (χ3n) is 6.62. The summed E-state index contributed by atoms with van der Waals surface area (Å²) in [6.07, 6.45) is 2.20. The Labute approximate surface area is 261 Å². The summed E-state index contributed by atoms with van der Waals surface area (Å²) in [5.74, 6) is 0.0591. The molecule has 9 heteroatoms. The molecule has 0 spiro atoms. The molecule has 0 radical (unpaired) electrons. The molecule has 0 aliphatic carbocycles. The van der Waals surface area contributed by atoms with Crippen molar-refractivity contribution < 1.29 is 23.9 Å².